The van der Waals surface area contributed by atoms with E-state index in [-0.39, 0.29) is 32.3 Å². The molecule has 0 radical (unpaired) electrons. The minimum Gasteiger partial charge on any atom is -0.487 e. The number of carbonyl (C=O) groups is 2. The number of aliphatic hydroxyl groups excluding tert-OH is 2. The third-order valence-corrected chi connectivity index (χ3v) is 6.80. The van der Waals surface area contributed by atoms with Crippen molar-refractivity contribution in [2.45, 2.75) is 69.2 Å². The average Bonchev–Trinajstić information content (AvgIpc) is 3.28. The summed E-state index contributed by atoms with van der Waals surface area (Å²) in [4.78, 5) is 52.9. The summed E-state index contributed by atoms with van der Waals surface area (Å²) >= 11 is 0. The van der Waals surface area contributed by atoms with Gasteiger partial charge in [0.05, 0.1) is 18.8 Å². The number of allylic oxidation sites excluding steroid dienone is 2. The van der Waals surface area contributed by atoms with Gasteiger partial charge in [0, 0.05) is 25.2 Å². The van der Waals surface area contributed by atoms with Crippen LogP contribution in [-0.2, 0) is 28.7 Å². The SMILES string of the molecule is O=C(CCC/C=C\C[C@@H]1[C@@H](/C=C/C(F)(F)COc2ccccc2)[C@H](O)C[C@@H]1O)OCC(CO[N+](=O)[O-])OC(=O)CCCO[N+](=O)[O-]. The molecule has 0 aliphatic heterocycles. The van der Waals surface area contributed by atoms with Crippen LogP contribution in [0, 0.1) is 32.1 Å². The highest BCUT2D eigenvalue weighted by Crippen LogP contribution is 2.37. The maximum absolute atomic E-state index is 14.4. The highest BCUT2D eigenvalue weighted by atomic mass is 19.3. The number of unbranched alkanes of at least 4 members (excludes halogenated alkanes) is 1. The number of esters is 2. The molecule has 0 amide bonds. The van der Waals surface area contributed by atoms with Gasteiger partial charge in [0.1, 0.15) is 19.0 Å². The van der Waals surface area contributed by atoms with Crippen molar-refractivity contribution in [3.05, 3.63) is 74.9 Å². The summed E-state index contributed by atoms with van der Waals surface area (Å²) in [5.41, 5.74) is 0. The molecule has 0 saturated heterocycles. The molecule has 5 atom stereocenters. The summed E-state index contributed by atoms with van der Waals surface area (Å²) in [7, 11) is 0. The number of hydrogen-bond donors (Lipinski definition) is 2. The molecule has 256 valence electrons. The largest absolute Gasteiger partial charge is 0.487 e. The van der Waals surface area contributed by atoms with Gasteiger partial charge in [0.2, 0.25) is 0 Å². The van der Waals surface area contributed by atoms with Crippen molar-refractivity contribution in [2.24, 2.45) is 11.8 Å². The molecule has 2 N–H and O–H groups in total. The van der Waals surface area contributed by atoms with Gasteiger partial charge in [-0.25, -0.2) is 0 Å². The molecule has 1 saturated carbocycles. The summed E-state index contributed by atoms with van der Waals surface area (Å²) in [5.74, 6) is -5.73. The first-order valence-electron chi connectivity index (χ1n) is 14.5. The Kier molecular flexibility index (Phi) is 16.3. The number of alkyl halides is 2. The summed E-state index contributed by atoms with van der Waals surface area (Å²) in [6.07, 6.45) is 2.93. The van der Waals surface area contributed by atoms with Gasteiger partial charge in [-0.3, -0.25) is 9.59 Å². The van der Waals surface area contributed by atoms with Crippen molar-refractivity contribution >= 4 is 11.9 Å². The molecule has 15 nitrogen and oxygen atoms in total. The Hall–Kier alpha value is -4.38. The number of carbonyl (C=O) groups excluding carboxylic acids is 2. The van der Waals surface area contributed by atoms with Crippen molar-refractivity contribution < 1.29 is 62.6 Å². The van der Waals surface area contributed by atoms with E-state index in [4.69, 9.17) is 14.2 Å². The number of hydrogen-bond acceptors (Lipinski definition) is 13. The lowest BCUT2D eigenvalue weighted by molar-refractivity contribution is -0.759. The van der Waals surface area contributed by atoms with E-state index in [0.29, 0.717) is 31.1 Å². The lowest BCUT2D eigenvalue weighted by atomic mass is 9.89. The van der Waals surface area contributed by atoms with Gasteiger partial charge >= 0.3 is 11.9 Å². The number of aliphatic hydroxyl groups is 2. The molecule has 1 aliphatic rings. The maximum atomic E-state index is 14.4. The molecular formula is C29H38F2N2O13. The zero-order valence-electron chi connectivity index (χ0n) is 24.9. The highest BCUT2D eigenvalue weighted by molar-refractivity contribution is 5.70. The van der Waals surface area contributed by atoms with Gasteiger partial charge in [-0.2, -0.15) is 8.78 Å². The summed E-state index contributed by atoms with van der Waals surface area (Å²) in [6.45, 7) is -2.45. The third kappa shape index (κ3) is 15.6. The van der Waals surface area contributed by atoms with E-state index in [9.17, 15) is 48.8 Å². The van der Waals surface area contributed by atoms with Crippen LogP contribution in [-0.4, -0.2) is 83.0 Å². The first-order valence-corrected chi connectivity index (χ1v) is 14.5. The van der Waals surface area contributed by atoms with Crippen LogP contribution in [0.4, 0.5) is 8.78 Å². The average molecular weight is 661 g/mol. The van der Waals surface area contributed by atoms with Crippen LogP contribution >= 0.6 is 0 Å². The maximum Gasteiger partial charge on any atom is 0.306 e. The number of ether oxygens (including phenoxy) is 3. The molecule has 0 aromatic heterocycles. The van der Waals surface area contributed by atoms with E-state index < -0.39 is 78.0 Å². The normalized spacial score (nSPS) is 20.3. The van der Waals surface area contributed by atoms with Crippen molar-refractivity contribution in [3.63, 3.8) is 0 Å². The highest BCUT2D eigenvalue weighted by Gasteiger charge is 2.40. The van der Waals surface area contributed by atoms with Crippen LogP contribution < -0.4 is 4.74 Å². The second kappa shape index (κ2) is 19.9. The number of benzene rings is 1. The zero-order valence-corrected chi connectivity index (χ0v) is 24.9. The zero-order chi connectivity index (χ0) is 34.0. The molecule has 0 spiro atoms. The van der Waals surface area contributed by atoms with Gasteiger partial charge in [-0.15, -0.1) is 20.2 Å². The lowest BCUT2D eigenvalue weighted by Gasteiger charge is -2.20. The van der Waals surface area contributed by atoms with Crippen LogP contribution in [0.1, 0.15) is 44.9 Å². The van der Waals surface area contributed by atoms with Crippen LogP contribution in [0.5, 0.6) is 5.75 Å². The standard InChI is InChI=1S/C29H38F2N2O13/c30-29(31,20-43-21-9-4-3-5-10-21)15-14-24-23(25(34)17-26(24)35)11-6-1-2-7-12-27(36)42-18-22(19-45-33(40)41)46-28(37)13-8-16-44-32(38)39/h1,3-6,9-10,14-15,22-26,34-35H,2,7-8,11-13,16-20H2/b6-1-,15-14+/t22?,23-,24-,25+,26-/m1/s1. The topological polar surface area (TPSA) is 207 Å². The van der Waals surface area contributed by atoms with Gasteiger partial charge in [-0.05, 0) is 49.8 Å². The van der Waals surface area contributed by atoms with Crippen molar-refractivity contribution in [2.75, 3.05) is 26.4 Å². The van der Waals surface area contributed by atoms with Crippen LogP contribution in [0.15, 0.2) is 54.6 Å². The predicted molar refractivity (Wildman–Crippen MR) is 153 cm³/mol. The number of para-hydroxylation sites is 1. The Morgan fingerprint density at radius 2 is 1.67 bits per heavy atom. The molecule has 1 aliphatic carbocycles. The second-order valence-electron chi connectivity index (χ2n) is 10.4. The van der Waals surface area contributed by atoms with Crippen LogP contribution in [0.3, 0.4) is 0 Å². The van der Waals surface area contributed by atoms with Gasteiger partial charge in [0.25, 0.3) is 16.1 Å². The minimum atomic E-state index is -3.30. The van der Waals surface area contributed by atoms with E-state index in [1.807, 2.05) is 0 Å². The molecule has 0 bridgehead atoms. The van der Waals surface area contributed by atoms with E-state index in [1.165, 1.54) is 6.08 Å². The molecule has 2 rings (SSSR count). The lowest BCUT2D eigenvalue weighted by Crippen LogP contribution is -2.30. The fraction of sp³-hybridized carbons (Fsp3) is 0.586. The Morgan fingerprint density at radius 3 is 2.37 bits per heavy atom. The molecule has 1 fully saturated rings. The van der Waals surface area contributed by atoms with E-state index in [2.05, 4.69) is 9.68 Å². The fourth-order valence-corrected chi connectivity index (χ4v) is 4.56. The smallest absolute Gasteiger partial charge is 0.306 e. The van der Waals surface area contributed by atoms with E-state index in [1.54, 1.807) is 42.5 Å². The molecule has 0 heterocycles. The van der Waals surface area contributed by atoms with E-state index in [0.717, 1.165) is 0 Å². The monoisotopic (exact) mass is 660 g/mol. The quantitative estimate of drug-likeness (QED) is 0.0602. The molecular weight excluding hydrogens is 622 g/mol. The Balaban J connectivity index is 1.74. The third-order valence-electron chi connectivity index (χ3n) is 6.80. The fourth-order valence-electron chi connectivity index (χ4n) is 4.56. The molecule has 1 aromatic carbocycles. The van der Waals surface area contributed by atoms with Crippen molar-refractivity contribution in [1.29, 1.82) is 0 Å². The van der Waals surface area contributed by atoms with Crippen molar-refractivity contribution in [1.82, 2.24) is 0 Å². The molecule has 1 unspecified atom stereocenters. The summed E-state index contributed by atoms with van der Waals surface area (Å²) < 4.78 is 43.9. The summed E-state index contributed by atoms with van der Waals surface area (Å²) in [5, 5.41) is 39.2. The minimum absolute atomic E-state index is 0.0460. The number of halogens is 2. The van der Waals surface area contributed by atoms with Gasteiger partial charge < -0.3 is 34.1 Å². The van der Waals surface area contributed by atoms with Gasteiger partial charge in [-0.1, -0.05) is 36.4 Å². The van der Waals surface area contributed by atoms with Crippen molar-refractivity contribution in [3.8, 4) is 5.75 Å². The van der Waals surface area contributed by atoms with Gasteiger partial charge in [0.15, 0.2) is 12.7 Å². The molecule has 46 heavy (non-hydrogen) atoms. The van der Waals surface area contributed by atoms with Crippen LogP contribution in [0.25, 0.3) is 0 Å². The number of rotatable bonds is 22. The predicted octanol–water partition coefficient (Wildman–Crippen LogP) is 3.38. The first kappa shape index (κ1) is 37.8. The Labute approximate surface area is 262 Å². The molecule has 1 aromatic rings. The Morgan fingerprint density at radius 1 is 0.978 bits per heavy atom. The molecule has 17 heteroatoms. The first-order chi connectivity index (χ1) is 21.9. The Bertz CT molecular complexity index is 1170. The van der Waals surface area contributed by atoms with Crippen LogP contribution in [0.2, 0.25) is 0 Å². The number of nitrogens with zero attached hydrogens (tertiary/aromatic N) is 2. The summed E-state index contributed by atoms with van der Waals surface area (Å²) in [6, 6.07) is 8.17. The van der Waals surface area contributed by atoms with E-state index >= 15 is 0 Å². The second-order valence-corrected chi connectivity index (χ2v) is 10.4.